The summed E-state index contributed by atoms with van der Waals surface area (Å²) in [7, 11) is 1.65. The second-order valence-electron chi connectivity index (χ2n) is 4.87. The highest BCUT2D eigenvalue weighted by atomic mass is 16.5. The van der Waals surface area contributed by atoms with E-state index in [9.17, 15) is 4.79 Å². The fourth-order valence-electron chi connectivity index (χ4n) is 1.46. The molecule has 1 aromatic carbocycles. The van der Waals surface area contributed by atoms with E-state index in [1.807, 2.05) is 38.1 Å². The van der Waals surface area contributed by atoms with E-state index in [1.165, 1.54) is 6.92 Å². The van der Waals surface area contributed by atoms with E-state index in [-0.39, 0.29) is 11.5 Å². The van der Waals surface area contributed by atoms with Gasteiger partial charge in [0.15, 0.2) is 0 Å². The Labute approximate surface area is 108 Å². The number of carbonyl (C=O) groups excluding carboxylic acids is 1. The summed E-state index contributed by atoms with van der Waals surface area (Å²) >= 11 is 0. The fourth-order valence-corrected chi connectivity index (χ4v) is 1.46. The molecule has 0 amide bonds. The van der Waals surface area contributed by atoms with E-state index in [4.69, 9.17) is 9.47 Å². The van der Waals surface area contributed by atoms with Crippen molar-refractivity contribution in [3.8, 4) is 5.75 Å². The first-order valence-corrected chi connectivity index (χ1v) is 5.94. The molecule has 0 heterocycles. The molecule has 0 saturated carbocycles. The van der Waals surface area contributed by atoms with Crippen molar-refractivity contribution in [1.29, 1.82) is 0 Å². The number of methoxy groups -OCH3 is 1. The number of esters is 1. The molecule has 0 fully saturated rings. The van der Waals surface area contributed by atoms with E-state index >= 15 is 0 Å². The van der Waals surface area contributed by atoms with Gasteiger partial charge in [-0.25, -0.2) is 0 Å². The lowest BCUT2D eigenvalue weighted by molar-refractivity contribution is -0.142. The van der Waals surface area contributed by atoms with Gasteiger partial charge in [-0.3, -0.25) is 4.79 Å². The van der Waals surface area contributed by atoms with Crippen molar-refractivity contribution in [2.75, 3.05) is 13.7 Å². The van der Waals surface area contributed by atoms with Crippen LogP contribution >= 0.6 is 0 Å². The normalized spacial score (nSPS) is 11.1. The Morgan fingerprint density at radius 1 is 1.39 bits per heavy atom. The van der Waals surface area contributed by atoms with Gasteiger partial charge in [-0.2, -0.15) is 0 Å². The molecule has 18 heavy (non-hydrogen) atoms. The zero-order valence-corrected chi connectivity index (χ0v) is 11.4. The van der Waals surface area contributed by atoms with Crippen LogP contribution in [0.5, 0.6) is 5.75 Å². The van der Waals surface area contributed by atoms with Crippen LogP contribution in [0.3, 0.4) is 0 Å². The first kappa shape index (κ1) is 14.5. The number of nitrogens with one attached hydrogen (secondary N) is 1. The summed E-state index contributed by atoms with van der Waals surface area (Å²) in [5.74, 6) is 0.582. The maximum Gasteiger partial charge on any atom is 0.302 e. The van der Waals surface area contributed by atoms with E-state index in [0.717, 1.165) is 11.3 Å². The van der Waals surface area contributed by atoms with Crippen LogP contribution in [0.15, 0.2) is 24.3 Å². The fraction of sp³-hybridized carbons (Fsp3) is 0.500. The van der Waals surface area contributed by atoms with E-state index < -0.39 is 0 Å². The molecule has 0 unspecified atom stereocenters. The maximum absolute atomic E-state index is 10.8. The number of benzene rings is 1. The lowest BCUT2D eigenvalue weighted by atomic mass is 10.1. The van der Waals surface area contributed by atoms with E-state index in [0.29, 0.717) is 13.2 Å². The van der Waals surface area contributed by atoms with Crippen molar-refractivity contribution in [3.05, 3.63) is 29.8 Å². The quantitative estimate of drug-likeness (QED) is 0.787. The minimum Gasteiger partial charge on any atom is -0.497 e. The lowest BCUT2D eigenvalue weighted by Gasteiger charge is -2.25. The van der Waals surface area contributed by atoms with Gasteiger partial charge in [0, 0.05) is 19.0 Å². The summed E-state index contributed by atoms with van der Waals surface area (Å²) in [4.78, 5) is 10.8. The average molecular weight is 251 g/mol. The van der Waals surface area contributed by atoms with Gasteiger partial charge >= 0.3 is 5.97 Å². The van der Waals surface area contributed by atoms with Crippen LogP contribution in [0.2, 0.25) is 0 Å². The Bertz CT molecular complexity index is 402. The summed E-state index contributed by atoms with van der Waals surface area (Å²) in [5.41, 5.74) is 0.875. The van der Waals surface area contributed by atoms with Crippen molar-refractivity contribution in [2.45, 2.75) is 32.9 Å². The monoisotopic (exact) mass is 251 g/mol. The molecule has 0 aliphatic heterocycles. The van der Waals surface area contributed by atoms with Gasteiger partial charge in [0.25, 0.3) is 0 Å². The summed E-state index contributed by atoms with van der Waals surface area (Å²) in [6, 6.07) is 7.87. The third-order valence-corrected chi connectivity index (χ3v) is 2.54. The molecule has 1 N–H and O–H groups in total. The number of carbonyl (C=O) groups is 1. The lowest BCUT2D eigenvalue weighted by Crippen LogP contribution is -2.43. The highest BCUT2D eigenvalue weighted by Crippen LogP contribution is 2.13. The number of hydrogen-bond acceptors (Lipinski definition) is 4. The molecule has 0 aliphatic carbocycles. The highest BCUT2D eigenvalue weighted by Gasteiger charge is 2.18. The zero-order valence-electron chi connectivity index (χ0n) is 11.4. The Hall–Kier alpha value is -1.55. The van der Waals surface area contributed by atoms with Crippen LogP contribution in [0.4, 0.5) is 0 Å². The van der Waals surface area contributed by atoms with Crippen LogP contribution in [0, 0.1) is 0 Å². The summed E-state index contributed by atoms with van der Waals surface area (Å²) in [6.45, 7) is 6.46. The van der Waals surface area contributed by atoms with Crippen molar-refractivity contribution in [1.82, 2.24) is 5.32 Å². The predicted octanol–water partition coefficient (Wildman–Crippen LogP) is 2.13. The molecule has 0 aliphatic rings. The second kappa shape index (κ2) is 6.40. The molecule has 0 atom stereocenters. The third-order valence-electron chi connectivity index (χ3n) is 2.54. The number of ether oxygens (including phenoxy) is 2. The maximum atomic E-state index is 10.8. The largest absolute Gasteiger partial charge is 0.497 e. The minimum absolute atomic E-state index is 0.255. The van der Waals surface area contributed by atoms with Gasteiger partial charge in [0.2, 0.25) is 0 Å². The average Bonchev–Trinajstić information content (AvgIpc) is 2.35. The standard InChI is InChI=1S/C14H21NO3/c1-11(16)18-10-14(2,3)15-9-12-6-5-7-13(8-12)17-4/h5-8,15H,9-10H2,1-4H3. The zero-order chi connectivity index (χ0) is 13.6. The van der Waals surface area contributed by atoms with Gasteiger partial charge in [-0.1, -0.05) is 12.1 Å². The minimum atomic E-state index is -0.258. The van der Waals surface area contributed by atoms with Crippen molar-refractivity contribution in [3.63, 3.8) is 0 Å². The molecule has 0 bridgehead atoms. The highest BCUT2D eigenvalue weighted by molar-refractivity contribution is 5.65. The van der Waals surface area contributed by atoms with Crippen LogP contribution in [-0.2, 0) is 16.1 Å². The first-order valence-electron chi connectivity index (χ1n) is 5.94. The topological polar surface area (TPSA) is 47.6 Å². The Balaban J connectivity index is 2.50. The molecule has 1 rings (SSSR count). The Morgan fingerprint density at radius 3 is 2.72 bits per heavy atom. The van der Waals surface area contributed by atoms with Crippen molar-refractivity contribution in [2.24, 2.45) is 0 Å². The van der Waals surface area contributed by atoms with Crippen LogP contribution in [-0.4, -0.2) is 25.2 Å². The first-order chi connectivity index (χ1) is 8.43. The third kappa shape index (κ3) is 5.19. The molecule has 100 valence electrons. The molecule has 4 nitrogen and oxygen atoms in total. The smallest absolute Gasteiger partial charge is 0.302 e. The summed E-state index contributed by atoms with van der Waals surface area (Å²) in [5, 5.41) is 3.35. The molecular formula is C14H21NO3. The van der Waals surface area contributed by atoms with Crippen molar-refractivity contribution >= 4 is 5.97 Å². The van der Waals surface area contributed by atoms with Gasteiger partial charge in [-0.05, 0) is 31.5 Å². The molecular weight excluding hydrogens is 230 g/mol. The van der Waals surface area contributed by atoms with Crippen LogP contribution < -0.4 is 10.1 Å². The molecule has 0 spiro atoms. The number of rotatable bonds is 6. The van der Waals surface area contributed by atoms with Crippen molar-refractivity contribution < 1.29 is 14.3 Å². The van der Waals surface area contributed by atoms with Gasteiger partial charge < -0.3 is 14.8 Å². The Kier molecular flexibility index (Phi) is 5.16. The van der Waals surface area contributed by atoms with Crippen LogP contribution in [0.25, 0.3) is 0 Å². The van der Waals surface area contributed by atoms with E-state index in [1.54, 1.807) is 7.11 Å². The predicted molar refractivity (Wildman–Crippen MR) is 70.5 cm³/mol. The van der Waals surface area contributed by atoms with E-state index in [2.05, 4.69) is 5.32 Å². The van der Waals surface area contributed by atoms with Gasteiger partial charge in [0.1, 0.15) is 12.4 Å². The van der Waals surface area contributed by atoms with Crippen LogP contribution in [0.1, 0.15) is 26.3 Å². The second-order valence-corrected chi connectivity index (χ2v) is 4.87. The SMILES string of the molecule is COc1cccc(CNC(C)(C)COC(C)=O)c1. The van der Waals surface area contributed by atoms with Gasteiger partial charge in [-0.15, -0.1) is 0 Å². The molecule has 4 heteroatoms. The molecule has 0 aromatic heterocycles. The summed E-state index contributed by atoms with van der Waals surface area (Å²) in [6.07, 6.45) is 0. The number of hydrogen-bond donors (Lipinski definition) is 1. The molecule has 0 radical (unpaired) electrons. The molecule has 0 saturated heterocycles. The Morgan fingerprint density at radius 2 is 2.11 bits per heavy atom. The summed E-state index contributed by atoms with van der Waals surface area (Å²) < 4.78 is 10.2. The van der Waals surface area contributed by atoms with Gasteiger partial charge in [0.05, 0.1) is 7.11 Å². The molecule has 1 aromatic rings.